The smallest absolute Gasteiger partial charge is 0.321 e. The number of carbonyl (C=O) groups is 2. The average Bonchev–Trinajstić information content (AvgIpc) is 2.43. The molecule has 20 heavy (non-hydrogen) atoms. The molecule has 0 amide bonds. The minimum absolute atomic E-state index is 0.153. The Kier molecular flexibility index (Phi) is 9.11. The summed E-state index contributed by atoms with van der Waals surface area (Å²) in [6, 6.07) is -0.983. The summed E-state index contributed by atoms with van der Waals surface area (Å²) in [6.07, 6.45) is 1.47. The molecule has 7 heteroatoms. The highest BCUT2D eigenvalue weighted by Crippen LogP contribution is 2.14. The fourth-order valence-corrected chi connectivity index (χ4v) is 1.32. The number of carboxylic acid groups (broad SMARTS) is 1. The van der Waals surface area contributed by atoms with Gasteiger partial charge >= 0.3 is 11.9 Å². The zero-order valence-corrected chi connectivity index (χ0v) is 12.1. The molecule has 0 radical (unpaired) electrons. The predicted molar refractivity (Wildman–Crippen MR) is 72.2 cm³/mol. The molecule has 0 aromatic rings. The second-order valence-electron chi connectivity index (χ2n) is 5.19. The van der Waals surface area contributed by atoms with Gasteiger partial charge in [-0.1, -0.05) is 20.3 Å². The first kappa shape index (κ1) is 18.8. The maximum atomic E-state index is 11.6. The number of hydrogen-bond donors (Lipinski definition) is 4. The minimum atomic E-state index is -1.11. The molecule has 0 heterocycles. The van der Waals surface area contributed by atoms with Crippen LogP contribution in [0.4, 0.5) is 0 Å². The number of aliphatic carboxylic acids is 1. The third-order valence-electron chi connectivity index (χ3n) is 2.94. The largest absolute Gasteiger partial charge is 0.480 e. The van der Waals surface area contributed by atoms with Crippen LogP contribution in [0.3, 0.4) is 0 Å². The van der Waals surface area contributed by atoms with E-state index in [0.29, 0.717) is 6.54 Å². The van der Waals surface area contributed by atoms with Crippen molar-refractivity contribution < 1.29 is 29.6 Å². The number of rotatable bonds is 11. The Labute approximate surface area is 118 Å². The summed E-state index contributed by atoms with van der Waals surface area (Å²) in [6.45, 7) is 3.26. The highest BCUT2D eigenvalue weighted by Gasteiger charge is 2.26. The second kappa shape index (κ2) is 9.68. The first-order chi connectivity index (χ1) is 9.38. The van der Waals surface area contributed by atoms with Crippen molar-refractivity contribution in [1.29, 1.82) is 0 Å². The van der Waals surface area contributed by atoms with Crippen molar-refractivity contribution in [2.24, 2.45) is 5.41 Å². The van der Waals surface area contributed by atoms with Gasteiger partial charge in [-0.05, 0) is 13.0 Å². The summed E-state index contributed by atoms with van der Waals surface area (Å²) in [4.78, 5) is 22.6. The first-order valence-electron chi connectivity index (χ1n) is 6.72. The van der Waals surface area contributed by atoms with Crippen molar-refractivity contribution in [3.8, 4) is 0 Å². The lowest BCUT2D eigenvalue weighted by Gasteiger charge is -2.24. The Morgan fingerprint density at radius 3 is 2.35 bits per heavy atom. The molecule has 0 aliphatic carbocycles. The highest BCUT2D eigenvalue weighted by molar-refractivity contribution is 5.81. The zero-order valence-electron chi connectivity index (χ0n) is 12.1. The Balaban J connectivity index is 4.22. The number of nitrogens with one attached hydrogen (secondary N) is 1. The molecule has 1 atom stereocenters. The first-order valence-corrected chi connectivity index (χ1v) is 6.72. The number of carbonyl (C=O) groups excluding carboxylic acids is 1. The quantitative estimate of drug-likeness (QED) is 0.306. The third kappa shape index (κ3) is 7.42. The van der Waals surface area contributed by atoms with Crippen molar-refractivity contribution in [3.05, 3.63) is 0 Å². The van der Waals surface area contributed by atoms with E-state index < -0.39 is 23.4 Å². The standard InChI is InChI=1S/C13H25NO6/c1-3-4-5-14-10(12(18)19)6-11(17)20-9-13(2,7-15)8-16/h10,14-16H,3-9H2,1-2H3,(H,18,19). The van der Waals surface area contributed by atoms with E-state index in [1.807, 2.05) is 6.92 Å². The lowest BCUT2D eigenvalue weighted by atomic mass is 9.94. The number of carboxylic acids is 1. The van der Waals surface area contributed by atoms with E-state index in [-0.39, 0.29) is 26.2 Å². The SMILES string of the molecule is CCCCNC(CC(=O)OCC(C)(CO)CO)C(=O)O. The maximum Gasteiger partial charge on any atom is 0.321 e. The van der Waals surface area contributed by atoms with Crippen LogP contribution in [0.5, 0.6) is 0 Å². The summed E-state index contributed by atoms with van der Waals surface area (Å²) >= 11 is 0. The summed E-state index contributed by atoms with van der Waals surface area (Å²) in [5, 5.41) is 29.9. The van der Waals surface area contributed by atoms with Crippen molar-refractivity contribution in [2.45, 2.75) is 39.2 Å². The molecule has 0 aromatic carbocycles. The van der Waals surface area contributed by atoms with Crippen LogP contribution < -0.4 is 5.32 Å². The van der Waals surface area contributed by atoms with Gasteiger partial charge < -0.3 is 25.4 Å². The van der Waals surface area contributed by atoms with Gasteiger partial charge in [-0.3, -0.25) is 9.59 Å². The van der Waals surface area contributed by atoms with Crippen LogP contribution in [0, 0.1) is 5.41 Å². The Morgan fingerprint density at radius 1 is 1.30 bits per heavy atom. The van der Waals surface area contributed by atoms with E-state index in [1.165, 1.54) is 0 Å². The average molecular weight is 291 g/mol. The zero-order chi connectivity index (χ0) is 15.6. The Bertz CT molecular complexity index is 303. The molecule has 118 valence electrons. The van der Waals surface area contributed by atoms with E-state index >= 15 is 0 Å². The normalized spacial score (nSPS) is 13.0. The van der Waals surface area contributed by atoms with E-state index in [1.54, 1.807) is 6.92 Å². The van der Waals surface area contributed by atoms with Crippen LogP contribution >= 0.6 is 0 Å². The van der Waals surface area contributed by atoms with Gasteiger partial charge in [0.2, 0.25) is 0 Å². The van der Waals surface area contributed by atoms with Gasteiger partial charge in [-0.2, -0.15) is 0 Å². The predicted octanol–water partition coefficient (Wildman–Crippen LogP) is -0.246. The van der Waals surface area contributed by atoms with Crippen LogP contribution in [0.25, 0.3) is 0 Å². The van der Waals surface area contributed by atoms with Gasteiger partial charge in [0.15, 0.2) is 0 Å². The van der Waals surface area contributed by atoms with Crippen LogP contribution in [-0.4, -0.2) is 59.7 Å². The molecule has 0 aromatic heterocycles. The lowest BCUT2D eigenvalue weighted by molar-refractivity contribution is -0.153. The van der Waals surface area contributed by atoms with E-state index in [2.05, 4.69) is 5.32 Å². The molecule has 7 nitrogen and oxygen atoms in total. The van der Waals surface area contributed by atoms with E-state index in [0.717, 1.165) is 12.8 Å². The number of ether oxygens (including phenoxy) is 1. The van der Waals surface area contributed by atoms with E-state index in [4.69, 9.17) is 20.1 Å². The van der Waals surface area contributed by atoms with Crippen molar-refractivity contribution in [3.63, 3.8) is 0 Å². The van der Waals surface area contributed by atoms with Crippen molar-refractivity contribution in [2.75, 3.05) is 26.4 Å². The molecular formula is C13H25NO6. The number of aliphatic hydroxyl groups excluding tert-OH is 2. The van der Waals surface area contributed by atoms with Crippen LogP contribution in [-0.2, 0) is 14.3 Å². The molecular weight excluding hydrogens is 266 g/mol. The Morgan fingerprint density at radius 2 is 1.90 bits per heavy atom. The third-order valence-corrected chi connectivity index (χ3v) is 2.94. The number of aliphatic hydroxyl groups is 2. The summed E-state index contributed by atoms with van der Waals surface area (Å²) < 4.78 is 4.91. The monoisotopic (exact) mass is 291 g/mol. The van der Waals surface area contributed by atoms with E-state index in [9.17, 15) is 9.59 Å². The molecule has 0 rings (SSSR count). The van der Waals surface area contributed by atoms with Crippen LogP contribution in [0.1, 0.15) is 33.1 Å². The second-order valence-corrected chi connectivity index (χ2v) is 5.19. The van der Waals surface area contributed by atoms with Gasteiger partial charge in [0.25, 0.3) is 0 Å². The molecule has 1 unspecified atom stereocenters. The molecule has 0 fully saturated rings. The minimum Gasteiger partial charge on any atom is -0.480 e. The fourth-order valence-electron chi connectivity index (χ4n) is 1.32. The van der Waals surface area contributed by atoms with Gasteiger partial charge in [0, 0.05) is 5.41 Å². The summed E-state index contributed by atoms with van der Waals surface area (Å²) in [5.74, 6) is -1.78. The topological polar surface area (TPSA) is 116 Å². The molecule has 0 spiro atoms. The van der Waals surface area contributed by atoms with Gasteiger partial charge in [-0.15, -0.1) is 0 Å². The van der Waals surface area contributed by atoms with Crippen LogP contribution in [0.15, 0.2) is 0 Å². The van der Waals surface area contributed by atoms with Gasteiger partial charge in [0.05, 0.1) is 19.6 Å². The molecule has 0 bridgehead atoms. The number of unbranched alkanes of at least 4 members (excludes halogenated alkanes) is 1. The number of esters is 1. The van der Waals surface area contributed by atoms with Crippen LogP contribution in [0.2, 0.25) is 0 Å². The molecule has 0 saturated carbocycles. The molecule has 0 aliphatic rings. The molecule has 4 N–H and O–H groups in total. The van der Waals surface area contributed by atoms with Gasteiger partial charge in [-0.25, -0.2) is 0 Å². The van der Waals surface area contributed by atoms with Crippen molar-refractivity contribution in [1.82, 2.24) is 5.32 Å². The molecule has 0 aliphatic heterocycles. The highest BCUT2D eigenvalue weighted by atomic mass is 16.5. The maximum absolute atomic E-state index is 11.6. The fraction of sp³-hybridized carbons (Fsp3) is 0.846. The Hall–Kier alpha value is -1.18. The summed E-state index contributed by atoms with van der Waals surface area (Å²) in [7, 11) is 0. The molecule has 0 saturated heterocycles. The van der Waals surface area contributed by atoms with Gasteiger partial charge in [0.1, 0.15) is 12.6 Å². The summed E-state index contributed by atoms with van der Waals surface area (Å²) in [5.41, 5.74) is -0.913. The van der Waals surface area contributed by atoms with Crippen molar-refractivity contribution >= 4 is 11.9 Å². The number of hydrogen-bond acceptors (Lipinski definition) is 6. The lowest BCUT2D eigenvalue weighted by Crippen LogP contribution is -2.40.